The third-order valence-corrected chi connectivity index (χ3v) is 2.05. The Balaban J connectivity index is 3.40. The van der Waals surface area contributed by atoms with Gasteiger partial charge in [-0.3, -0.25) is 0 Å². The summed E-state index contributed by atoms with van der Waals surface area (Å²) in [6.45, 7) is 5.57. The second-order valence-corrected chi connectivity index (χ2v) is 3.05. The molecule has 0 aliphatic carbocycles. The van der Waals surface area contributed by atoms with Crippen LogP contribution in [0.25, 0.3) is 0 Å². The number of nitrogens with zero attached hydrogens (tertiary/aromatic N) is 2. The van der Waals surface area contributed by atoms with Gasteiger partial charge in [-0.15, -0.1) is 0 Å². The maximum absolute atomic E-state index is 11.0. The number of rotatable bonds is 3. The first-order valence-corrected chi connectivity index (χ1v) is 4.69. The normalized spacial score (nSPS) is 10.2. The van der Waals surface area contributed by atoms with E-state index in [2.05, 4.69) is 9.97 Å². The molecule has 0 fully saturated rings. The van der Waals surface area contributed by atoms with Crippen LogP contribution in [0.3, 0.4) is 0 Å². The lowest BCUT2D eigenvalue weighted by Gasteiger charge is -2.08. The molecule has 0 amide bonds. The van der Waals surface area contributed by atoms with Crippen LogP contribution in [0.4, 0.5) is 0 Å². The summed E-state index contributed by atoms with van der Waals surface area (Å²) >= 11 is 0. The molecule has 4 heteroatoms. The third kappa shape index (κ3) is 1.89. The molecular formula is C10H14N2O2. The number of aromatic nitrogens is 2. The summed E-state index contributed by atoms with van der Waals surface area (Å²) in [5.41, 5.74) is 1.53. The minimum Gasteiger partial charge on any atom is -0.478 e. The Labute approximate surface area is 83.0 Å². The molecule has 0 saturated carbocycles. The van der Waals surface area contributed by atoms with Crippen molar-refractivity contribution in [2.24, 2.45) is 0 Å². The fourth-order valence-corrected chi connectivity index (χ4v) is 1.45. The largest absolute Gasteiger partial charge is 0.478 e. The van der Waals surface area contributed by atoms with E-state index in [1.807, 2.05) is 13.8 Å². The van der Waals surface area contributed by atoms with Crippen molar-refractivity contribution in [2.45, 2.75) is 33.6 Å². The highest BCUT2D eigenvalue weighted by Gasteiger charge is 2.16. The summed E-state index contributed by atoms with van der Waals surface area (Å²) in [4.78, 5) is 19.3. The molecule has 1 aromatic rings. The minimum atomic E-state index is -0.932. The average Bonchev–Trinajstić information content (AvgIpc) is 2.15. The predicted molar refractivity (Wildman–Crippen MR) is 52.5 cm³/mol. The summed E-state index contributed by atoms with van der Waals surface area (Å²) in [7, 11) is 0. The van der Waals surface area contributed by atoms with Crippen molar-refractivity contribution >= 4 is 5.97 Å². The molecule has 0 aromatic carbocycles. The SMILES string of the molecule is CCc1nc(C)nc(CC)c1C(=O)O. The predicted octanol–water partition coefficient (Wildman–Crippen LogP) is 1.61. The van der Waals surface area contributed by atoms with Crippen molar-refractivity contribution in [3.05, 3.63) is 22.8 Å². The fraction of sp³-hybridized carbons (Fsp3) is 0.500. The van der Waals surface area contributed by atoms with E-state index in [1.54, 1.807) is 6.92 Å². The van der Waals surface area contributed by atoms with Crippen LogP contribution in [0.2, 0.25) is 0 Å². The number of aryl methyl sites for hydroxylation is 3. The molecule has 0 aliphatic rings. The van der Waals surface area contributed by atoms with Crippen LogP contribution in [0.5, 0.6) is 0 Å². The minimum absolute atomic E-state index is 0.278. The molecule has 1 N–H and O–H groups in total. The van der Waals surface area contributed by atoms with Crippen molar-refractivity contribution in [2.75, 3.05) is 0 Å². The zero-order valence-corrected chi connectivity index (χ0v) is 8.66. The van der Waals surface area contributed by atoms with Gasteiger partial charge >= 0.3 is 5.97 Å². The van der Waals surface area contributed by atoms with Crippen LogP contribution in [0.1, 0.15) is 41.4 Å². The van der Waals surface area contributed by atoms with Crippen molar-refractivity contribution in [1.82, 2.24) is 9.97 Å². The third-order valence-electron chi connectivity index (χ3n) is 2.05. The van der Waals surface area contributed by atoms with Gasteiger partial charge in [-0.05, 0) is 19.8 Å². The molecule has 0 unspecified atom stereocenters. The molecule has 0 spiro atoms. The molecule has 0 aliphatic heterocycles. The van der Waals surface area contributed by atoms with E-state index in [0.717, 1.165) is 0 Å². The Morgan fingerprint density at radius 1 is 1.21 bits per heavy atom. The molecule has 1 heterocycles. The summed E-state index contributed by atoms with van der Waals surface area (Å²) in [6.07, 6.45) is 1.25. The number of aromatic carboxylic acids is 1. The monoisotopic (exact) mass is 194 g/mol. The van der Waals surface area contributed by atoms with E-state index in [9.17, 15) is 4.79 Å². The molecular weight excluding hydrogens is 180 g/mol. The number of carboxylic acid groups (broad SMARTS) is 1. The first-order chi connectivity index (χ1) is 6.60. The van der Waals surface area contributed by atoms with Gasteiger partial charge in [-0.1, -0.05) is 13.8 Å². The van der Waals surface area contributed by atoms with Crippen LogP contribution >= 0.6 is 0 Å². The fourth-order valence-electron chi connectivity index (χ4n) is 1.45. The van der Waals surface area contributed by atoms with Gasteiger partial charge in [-0.25, -0.2) is 14.8 Å². The van der Waals surface area contributed by atoms with Gasteiger partial charge in [0.1, 0.15) is 11.4 Å². The number of carbonyl (C=O) groups is 1. The number of carboxylic acids is 1. The lowest BCUT2D eigenvalue weighted by molar-refractivity contribution is 0.0693. The molecule has 0 radical (unpaired) electrons. The quantitative estimate of drug-likeness (QED) is 0.794. The van der Waals surface area contributed by atoms with Gasteiger partial charge < -0.3 is 5.11 Å². The van der Waals surface area contributed by atoms with Gasteiger partial charge in [0.05, 0.1) is 11.4 Å². The molecule has 76 valence electrons. The average molecular weight is 194 g/mol. The highest BCUT2D eigenvalue weighted by atomic mass is 16.4. The molecule has 0 saturated heterocycles. The Bertz CT molecular complexity index is 336. The molecule has 4 nitrogen and oxygen atoms in total. The zero-order valence-electron chi connectivity index (χ0n) is 8.66. The molecule has 1 aromatic heterocycles. The van der Waals surface area contributed by atoms with E-state index in [4.69, 9.17) is 5.11 Å². The van der Waals surface area contributed by atoms with Crippen LogP contribution < -0.4 is 0 Å². The summed E-state index contributed by atoms with van der Waals surface area (Å²) in [6, 6.07) is 0. The topological polar surface area (TPSA) is 63.1 Å². The number of hydrogen-bond acceptors (Lipinski definition) is 3. The van der Waals surface area contributed by atoms with Crippen LogP contribution in [-0.4, -0.2) is 21.0 Å². The first kappa shape index (κ1) is 10.6. The molecule has 14 heavy (non-hydrogen) atoms. The first-order valence-electron chi connectivity index (χ1n) is 4.69. The highest BCUT2D eigenvalue weighted by Crippen LogP contribution is 2.13. The Kier molecular flexibility index (Phi) is 3.17. The summed E-state index contributed by atoms with van der Waals surface area (Å²) in [5.74, 6) is -0.289. The Morgan fingerprint density at radius 3 is 1.93 bits per heavy atom. The van der Waals surface area contributed by atoms with Crippen LogP contribution in [0.15, 0.2) is 0 Å². The Morgan fingerprint density at radius 2 is 1.64 bits per heavy atom. The number of hydrogen-bond donors (Lipinski definition) is 1. The van der Waals surface area contributed by atoms with Crippen LogP contribution in [0, 0.1) is 6.92 Å². The standard InChI is InChI=1S/C10H14N2O2/c1-4-7-9(10(13)14)8(5-2)12-6(3)11-7/h4-5H2,1-3H3,(H,13,14). The lowest BCUT2D eigenvalue weighted by Crippen LogP contribution is -2.12. The smallest absolute Gasteiger partial charge is 0.339 e. The Hall–Kier alpha value is -1.45. The maximum atomic E-state index is 11.0. The van der Waals surface area contributed by atoms with E-state index < -0.39 is 5.97 Å². The zero-order chi connectivity index (χ0) is 10.7. The second-order valence-electron chi connectivity index (χ2n) is 3.05. The van der Waals surface area contributed by atoms with Crippen molar-refractivity contribution in [3.63, 3.8) is 0 Å². The van der Waals surface area contributed by atoms with Crippen molar-refractivity contribution in [1.29, 1.82) is 0 Å². The van der Waals surface area contributed by atoms with Crippen molar-refractivity contribution in [3.8, 4) is 0 Å². The van der Waals surface area contributed by atoms with E-state index >= 15 is 0 Å². The van der Waals surface area contributed by atoms with E-state index in [0.29, 0.717) is 30.1 Å². The van der Waals surface area contributed by atoms with Gasteiger partial charge in [-0.2, -0.15) is 0 Å². The van der Waals surface area contributed by atoms with Gasteiger partial charge in [0.2, 0.25) is 0 Å². The van der Waals surface area contributed by atoms with Gasteiger partial charge in [0.25, 0.3) is 0 Å². The van der Waals surface area contributed by atoms with Gasteiger partial charge in [0.15, 0.2) is 0 Å². The maximum Gasteiger partial charge on any atom is 0.339 e. The molecule has 0 atom stereocenters. The molecule has 0 bridgehead atoms. The van der Waals surface area contributed by atoms with E-state index in [1.165, 1.54) is 0 Å². The summed E-state index contributed by atoms with van der Waals surface area (Å²) in [5, 5.41) is 9.02. The van der Waals surface area contributed by atoms with Crippen LogP contribution in [-0.2, 0) is 12.8 Å². The highest BCUT2D eigenvalue weighted by molar-refractivity contribution is 5.90. The summed E-state index contributed by atoms with van der Waals surface area (Å²) < 4.78 is 0. The van der Waals surface area contributed by atoms with E-state index in [-0.39, 0.29) is 5.56 Å². The molecule has 1 rings (SSSR count). The van der Waals surface area contributed by atoms with Crippen molar-refractivity contribution < 1.29 is 9.90 Å². The lowest BCUT2D eigenvalue weighted by atomic mass is 10.1. The van der Waals surface area contributed by atoms with Gasteiger partial charge in [0, 0.05) is 0 Å². The second kappa shape index (κ2) is 4.17.